The van der Waals surface area contributed by atoms with Crippen LogP contribution in [0.1, 0.15) is 24.4 Å². The second-order valence-electron chi connectivity index (χ2n) is 4.06. The third-order valence-corrected chi connectivity index (χ3v) is 2.86. The van der Waals surface area contributed by atoms with Crippen molar-refractivity contribution in [3.05, 3.63) is 59.4 Å². The molecule has 0 aliphatic heterocycles. The number of halogens is 1. The SMILES string of the molecule is NC(C(=O)C1=CC=C(F)CC1)c1ccccc1. The maximum absolute atomic E-state index is 12.8. The van der Waals surface area contributed by atoms with Gasteiger partial charge in [0.1, 0.15) is 5.83 Å². The molecule has 1 atom stereocenters. The molecule has 2 rings (SSSR count). The number of allylic oxidation sites excluding steroid dienone is 3. The molecule has 1 unspecified atom stereocenters. The van der Waals surface area contributed by atoms with Crippen LogP contribution < -0.4 is 5.73 Å². The molecule has 0 amide bonds. The predicted molar refractivity (Wildman–Crippen MR) is 64.9 cm³/mol. The van der Waals surface area contributed by atoms with Crippen LogP contribution >= 0.6 is 0 Å². The molecule has 0 saturated carbocycles. The fraction of sp³-hybridized carbons (Fsp3) is 0.214. The summed E-state index contributed by atoms with van der Waals surface area (Å²) in [6.45, 7) is 0. The topological polar surface area (TPSA) is 43.1 Å². The summed E-state index contributed by atoms with van der Waals surface area (Å²) in [5.41, 5.74) is 7.28. The molecule has 2 N–H and O–H groups in total. The molecular weight excluding hydrogens is 217 g/mol. The van der Waals surface area contributed by atoms with Crippen LogP contribution in [0.3, 0.4) is 0 Å². The Hall–Kier alpha value is -1.74. The van der Waals surface area contributed by atoms with Crippen molar-refractivity contribution in [2.45, 2.75) is 18.9 Å². The lowest BCUT2D eigenvalue weighted by Gasteiger charge is -2.15. The maximum atomic E-state index is 12.8. The Kier molecular flexibility index (Phi) is 3.49. The van der Waals surface area contributed by atoms with E-state index in [4.69, 9.17) is 5.73 Å². The van der Waals surface area contributed by atoms with E-state index in [1.54, 1.807) is 0 Å². The van der Waals surface area contributed by atoms with Crippen molar-refractivity contribution in [1.82, 2.24) is 0 Å². The Balaban J connectivity index is 2.16. The first-order valence-electron chi connectivity index (χ1n) is 5.58. The quantitative estimate of drug-likeness (QED) is 0.869. The highest BCUT2D eigenvalue weighted by Crippen LogP contribution is 2.23. The third-order valence-electron chi connectivity index (χ3n) is 2.86. The van der Waals surface area contributed by atoms with Gasteiger partial charge in [-0.2, -0.15) is 0 Å². The molecule has 0 bridgehead atoms. The van der Waals surface area contributed by atoms with Gasteiger partial charge in [0, 0.05) is 6.42 Å². The second-order valence-corrected chi connectivity index (χ2v) is 4.06. The van der Waals surface area contributed by atoms with Crippen LogP contribution in [0.5, 0.6) is 0 Å². The Morgan fingerprint density at radius 1 is 1.18 bits per heavy atom. The normalized spacial score (nSPS) is 17.1. The number of hydrogen-bond acceptors (Lipinski definition) is 2. The van der Waals surface area contributed by atoms with E-state index in [9.17, 15) is 9.18 Å². The van der Waals surface area contributed by atoms with E-state index >= 15 is 0 Å². The average molecular weight is 231 g/mol. The van der Waals surface area contributed by atoms with E-state index in [0.717, 1.165) is 5.56 Å². The minimum Gasteiger partial charge on any atom is -0.318 e. The molecule has 0 spiro atoms. The van der Waals surface area contributed by atoms with Gasteiger partial charge in [-0.3, -0.25) is 4.79 Å². The Morgan fingerprint density at radius 2 is 1.88 bits per heavy atom. The Bertz CT molecular complexity index is 476. The van der Waals surface area contributed by atoms with Crippen LogP contribution in [-0.4, -0.2) is 5.78 Å². The lowest BCUT2D eigenvalue weighted by molar-refractivity contribution is -0.117. The van der Waals surface area contributed by atoms with Gasteiger partial charge >= 0.3 is 0 Å². The van der Waals surface area contributed by atoms with Gasteiger partial charge in [-0.15, -0.1) is 0 Å². The van der Waals surface area contributed by atoms with Gasteiger partial charge < -0.3 is 5.73 Å². The minimum absolute atomic E-state index is 0.125. The highest BCUT2D eigenvalue weighted by molar-refractivity contribution is 6.00. The largest absolute Gasteiger partial charge is 0.318 e. The van der Waals surface area contributed by atoms with Crippen molar-refractivity contribution in [2.75, 3.05) is 0 Å². The summed E-state index contributed by atoms with van der Waals surface area (Å²) in [4.78, 5) is 12.1. The zero-order valence-electron chi connectivity index (χ0n) is 9.40. The first-order valence-corrected chi connectivity index (χ1v) is 5.58. The highest BCUT2D eigenvalue weighted by atomic mass is 19.1. The molecule has 1 aromatic rings. The van der Waals surface area contributed by atoms with Gasteiger partial charge in [-0.05, 0) is 23.6 Å². The smallest absolute Gasteiger partial charge is 0.180 e. The molecule has 3 heteroatoms. The number of benzene rings is 1. The molecule has 1 aliphatic carbocycles. The summed E-state index contributed by atoms with van der Waals surface area (Å²) in [5, 5.41) is 0. The van der Waals surface area contributed by atoms with E-state index in [-0.39, 0.29) is 11.6 Å². The first-order chi connectivity index (χ1) is 8.18. The number of ketones is 1. The van der Waals surface area contributed by atoms with Crippen molar-refractivity contribution < 1.29 is 9.18 Å². The van der Waals surface area contributed by atoms with Crippen molar-refractivity contribution in [3.8, 4) is 0 Å². The number of hydrogen-bond donors (Lipinski definition) is 1. The van der Waals surface area contributed by atoms with Gasteiger partial charge in [0.15, 0.2) is 5.78 Å². The number of carbonyl (C=O) groups excluding carboxylic acids is 1. The minimum atomic E-state index is -0.656. The van der Waals surface area contributed by atoms with Crippen molar-refractivity contribution in [3.63, 3.8) is 0 Å². The van der Waals surface area contributed by atoms with Gasteiger partial charge in [-0.1, -0.05) is 36.4 Å². The average Bonchev–Trinajstić information content (AvgIpc) is 2.39. The number of nitrogens with two attached hydrogens (primary N) is 1. The van der Waals surface area contributed by atoms with Crippen molar-refractivity contribution in [1.29, 1.82) is 0 Å². The maximum Gasteiger partial charge on any atom is 0.180 e. The Morgan fingerprint density at radius 3 is 2.47 bits per heavy atom. The lowest BCUT2D eigenvalue weighted by Crippen LogP contribution is -2.23. The number of rotatable bonds is 3. The summed E-state index contributed by atoms with van der Waals surface area (Å²) in [5.74, 6) is -0.310. The summed E-state index contributed by atoms with van der Waals surface area (Å²) in [7, 11) is 0. The highest BCUT2D eigenvalue weighted by Gasteiger charge is 2.21. The standard InChI is InChI=1S/C14H14FNO/c15-12-8-6-11(7-9-12)14(17)13(16)10-4-2-1-3-5-10/h1-6,8,13H,7,9,16H2. The summed E-state index contributed by atoms with van der Waals surface area (Å²) in [6.07, 6.45) is 3.60. The molecule has 1 aliphatic rings. The summed E-state index contributed by atoms with van der Waals surface area (Å²) in [6, 6.07) is 8.55. The molecule has 0 saturated heterocycles. The fourth-order valence-corrected chi connectivity index (χ4v) is 1.83. The van der Waals surface area contributed by atoms with E-state index in [2.05, 4.69) is 0 Å². The predicted octanol–water partition coefficient (Wildman–Crippen LogP) is 2.83. The third kappa shape index (κ3) is 2.68. The van der Waals surface area contributed by atoms with Crippen LogP contribution in [0.25, 0.3) is 0 Å². The molecule has 2 nitrogen and oxygen atoms in total. The fourth-order valence-electron chi connectivity index (χ4n) is 1.83. The number of carbonyl (C=O) groups is 1. The summed E-state index contributed by atoms with van der Waals surface area (Å²) < 4.78 is 12.8. The second kappa shape index (κ2) is 5.06. The van der Waals surface area contributed by atoms with Crippen LogP contribution in [-0.2, 0) is 4.79 Å². The molecule has 88 valence electrons. The van der Waals surface area contributed by atoms with Crippen molar-refractivity contribution >= 4 is 5.78 Å². The van der Waals surface area contributed by atoms with E-state index in [0.29, 0.717) is 18.4 Å². The molecular formula is C14H14FNO. The van der Waals surface area contributed by atoms with E-state index in [1.807, 2.05) is 30.3 Å². The van der Waals surface area contributed by atoms with Crippen LogP contribution in [0, 0.1) is 0 Å². The molecule has 0 radical (unpaired) electrons. The zero-order chi connectivity index (χ0) is 12.3. The van der Waals surface area contributed by atoms with Gasteiger partial charge in [0.05, 0.1) is 6.04 Å². The van der Waals surface area contributed by atoms with E-state index in [1.165, 1.54) is 12.2 Å². The molecule has 1 aromatic carbocycles. The summed E-state index contributed by atoms with van der Waals surface area (Å²) >= 11 is 0. The van der Waals surface area contributed by atoms with Gasteiger partial charge in [-0.25, -0.2) is 4.39 Å². The van der Waals surface area contributed by atoms with Gasteiger partial charge in [0.25, 0.3) is 0 Å². The van der Waals surface area contributed by atoms with Gasteiger partial charge in [0.2, 0.25) is 0 Å². The van der Waals surface area contributed by atoms with Crippen LogP contribution in [0.4, 0.5) is 4.39 Å². The van der Waals surface area contributed by atoms with Crippen LogP contribution in [0.2, 0.25) is 0 Å². The molecule has 0 aromatic heterocycles. The van der Waals surface area contributed by atoms with E-state index < -0.39 is 6.04 Å². The monoisotopic (exact) mass is 231 g/mol. The molecule has 17 heavy (non-hydrogen) atoms. The zero-order valence-corrected chi connectivity index (χ0v) is 9.40. The number of Topliss-reactive ketones (excluding diaryl/α,β-unsaturated/α-hetero) is 1. The first kappa shape index (κ1) is 11.7. The molecule has 0 fully saturated rings. The Labute approximate surface area is 99.6 Å². The lowest BCUT2D eigenvalue weighted by atomic mass is 9.93. The molecule has 0 heterocycles. The van der Waals surface area contributed by atoms with Crippen molar-refractivity contribution in [2.24, 2.45) is 5.73 Å². The van der Waals surface area contributed by atoms with Crippen LogP contribution in [0.15, 0.2) is 53.9 Å².